The molecular weight excluding hydrogens is 207 g/mol. The van der Waals surface area contributed by atoms with Crippen LogP contribution in [0.1, 0.15) is 11.4 Å². The Morgan fingerprint density at radius 3 is 2.93 bits per heavy atom. The van der Waals surface area contributed by atoms with Gasteiger partial charge in [-0.25, -0.2) is 4.39 Å². The number of hydrogen-bond acceptors (Lipinski definition) is 3. The highest BCUT2D eigenvalue weighted by Gasteiger charge is 2.09. The molecule has 0 fully saturated rings. The van der Waals surface area contributed by atoms with Gasteiger partial charge in [-0.05, 0) is 12.1 Å². The van der Waals surface area contributed by atoms with Gasteiger partial charge in [0.1, 0.15) is 5.82 Å². The summed E-state index contributed by atoms with van der Waals surface area (Å²) in [6, 6.07) is 4.53. The summed E-state index contributed by atoms with van der Waals surface area (Å²) in [6.07, 6.45) is 0.238. The van der Waals surface area contributed by atoms with Gasteiger partial charge in [-0.15, -0.1) is 10.2 Å². The fourth-order valence-electron chi connectivity index (χ4n) is 1.12. The van der Waals surface area contributed by atoms with Crippen LogP contribution >= 0.6 is 11.6 Å². The van der Waals surface area contributed by atoms with Crippen LogP contribution in [0.15, 0.2) is 18.2 Å². The molecule has 2 aromatic rings. The number of nitrogens with zero attached hydrogens (tertiary/aromatic N) is 3. The Balaban J connectivity index is 2.33. The van der Waals surface area contributed by atoms with Crippen molar-refractivity contribution in [3.8, 4) is 0 Å². The number of halogens is 2. The first-order valence-electron chi connectivity index (χ1n) is 3.92. The third-order valence-corrected chi connectivity index (χ3v) is 2.14. The van der Waals surface area contributed by atoms with Crippen molar-refractivity contribution in [3.05, 3.63) is 40.4 Å². The van der Waals surface area contributed by atoms with E-state index >= 15 is 0 Å². The van der Waals surface area contributed by atoms with Gasteiger partial charge in [0.2, 0.25) is 0 Å². The minimum absolute atomic E-state index is 0.238. The Bertz CT molecular complexity index is 409. The Morgan fingerprint density at radius 1 is 1.43 bits per heavy atom. The highest BCUT2D eigenvalue weighted by atomic mass is 35.5. The zero-order valence-electron chi connectivity index (χ0n) is 7.04. The molecule has 14 heavy (non-hydrogen) atoms. The maximum absolute atomic E-state index is 13.3. The summed E-state index contributed by atoms with van der Waals surface area (Å²) in [5, 5.41) is 13.5. The van der Waals surface area contributed by atoms with Crippen LogP contribution in [0.3, 0.4) is 0 Å². The van der Waals surface area contributed by atoms with Crippen LogP contribution in [0.2, 0.25) is 5.02 Å². The summed E-state index contributed by atoms with van der Waals surface area (Å²) in [5.41, 5.74) is 0.385. The molecule has 1 heterocycles. The third-order valence-electron chi connectivity index (χ3n) is 1.79. The molecule has 0 aliphatic rings. The van der Waals surface area contributed by atoms with E-state index in [9.17, 15) is 4.39 Å². The van der Waals surface area contributed by atoms with E-state index in [0.29, 0.717) is 16.4 Å². The highest BCUT2D eigenvalue weighted by molar-refractivity contribution is 6.31. The van der Waals surface area contributed by atoms with Crippen molar-refractivity contribution >= 4 is 11.6 Å². The summed E-state index contributed by atoms with van der Waals surface area (Å²) in [5.74, 6) is 0.0549. The fourth-order valence-corrected chi connectivity index (χ4v) is 1.35. The lowest BCUT2D eigenvalue weighted by molar-refractivity contribution is 0.612. The van der Waals surface area contributed by atoms with Crippen molar-refractivity contribution in [1.82, 2.24) is 20.6 Å². The molecule has 0 aliphatic heterocycles. The molecule has 0 bridgehead atoms. The second kappa shape index (κ2) is 3.71. The minimum Gasteiger partial charge on any atom is -0.207 e. The highest BCUT2D eigenvalue weighted by Crippen LogP contribution is 2.20. The number of hydrogen-bond donors (Lipinski definition) is 1. The van der Waals surface area contributed by atoms with Gasteiger partial charge in [0, 0.05) is 17.0 Å². The molecule has 1 aromatic carbocycles. The van der Waals surface area contributed by atoms with Crippen molar-refractivity contribution in [2.45, 2.75) is 6.42 Å². The maximum Gasteiger partial charge on any atom is 0.179 e. The first kappa shape index (κ1) is 9.08. The normalized spacial score (nSPS) is 10.4. The van der Waals surface area contributed by atoms with Crippen molar-refractivity contribution in [3.63, 3.8) is 0 Å². The molecule has 72 valence electrons. The Morgan fingerprint density at radius 2 is 2.29 bits per heavy atom. The fraction of sp³-hybridized carbons (Fsp3) is 0.125. The summed E-state index contributed by atoms with van der Waals surface area (Å²) in [7, 11) is 0. The van der Waals surface area contributed by atoms with E-state index in [1.54, 1.807) is 12.1 Å². The molecule has 1 aromatic heterocycles. The standard InChI is InChI=1S/C8H6ClFN4/c9-6-2-1-3-7(10)5(6)4-8-11-13-14-12-8/h1-3H,4H2,(H,11,12,13,14). The van der Waals surface area contributed by atoms with Crippen LogP contribution in [0.4, 0.5) is 4.39 Å². The van der Waals surface area contributed by atoms with Crippen molar-refractivity contribution in [2.75, 3.05) is 0 Å². The maximum atomic E-state index is 13.3. The van der Waals surface area contributed by atoms with E-state index in [1.165, 1.54) is 6.07 Å². The summed E-state index contributed by atoms with van der Waals surface area (Å²) >= 11 is 5.82. The van der Waals surface area contributed by atoms with Crippen LogP contribution in [0.25, 0.3) is 0 Å². The lowest BCUT2D eigenvalue weighted by Crippen LogP contribution is -1.95. The van der Waals surface area contributed by atoms with E-state index < -0.39 is 0 Å². The van der Waals surface area contributed by atoms with Crippen molar-refractivity contribution < 1.29 is 4.39 Å². The lowest BCUT2D eigenvalue weighted by Gasteiger charge is -2.01. The van der Waals surface area contributed by atoms with Crippen LogP contribution in [0, 0.1) is 5.82 Å². The Hall–Kier alpha value is -1.49. The van der Waals surface area contributed by atoms with Gasteiger partial charge in [-0.1, -0.05) is 22.9 Å². The molecule has 0 amide bonds. The molecule has 0 unspecified atom stereocenters. The number of benzene rings is 1. The molecule has 0 aliphatic carbocycles. The van der Waals surface area contributed by atoms with Crippen LogP contribution in [-0.2, 0) is 6.42 Å². The Labute approximate surface area is 84.1 Å². The second-order valence-corrected chi connectivity index (χ2v) is 3.11. The molecule has 6 heteroatoms. The number of tetrazole rings is 1. The molecule has 1 N–H and O–H groups in total. The molecule has 4 nitrogen and oxygen atoms in total. The number of H-pyrrole nitrogens is 1. The van der Waals surface area contributed by atoms with E-state index in [4.69, 9.17) is 11.6 Å². The second-order valence-electron chi connectivity index (χ2n) is 2.71. The SMILES string of the molecule is Fc1cccc(Cl)c1Cc1nn[nH]n1. The van der Waals surface area contributed by atoms with Crippen LogP contribution in [0.5, 0.6) is 0 Å². The lowest BCUT2D eigenvalue weighted by atomic mass is 10.1. The van der Waals surface area contributed by atoms with Gasteiger partial charge in [0.25, 0.3) is 0 Å². The summed E-state index contributed by atoms with van der Waals surface area (Å²) in [4.78, 5) is 0. The van der Waals surface area contributed by atoms with Gasteiger partial charge in [-0.3, -0.25) is 0 Å². The third kappa shape index (κ3) is 1.72. The van der Waals surface area contributed by atoms with Crippen molar-refractivity contribution in [1.29, 1.82) is 0 Å². The van der Waals surface area contributed by atoms with Gasteiger partial charge in [-0.2, -0.15) is 5.21 Å². The average Bonchev–Trinajstić information content (AvgIpc) is 2.64. The smallest absolute Gasteiger partial charge is 0.179 e. The monoisotopic (exact) mass is 212 g/mol. The molecule has 0 radical (unpaired) electrons. The largest absolute Gasteiger partial charge is 0.207 e. The zero-order valence-corrected chi connectivity index (χ0v) is 7.79. The first-order chi connectivity index (χ1) is 6.77. The van der Waals surface area contributed by atoms with Crippen LogP contribution in [-0.4, -0.2) is 20.6 Å². The molecule has 0 saturated heterocycles. The summed E-state index contributed by atoms with van der Waals surface area (Å²) < 4.78 is 13.3. The quantitative estimate of drug-likeness (QED) is 0.823. The van der Waals surface area contributed by atoms with Gasteiger partial charge < -0.3 is 0 Å². The Kier molecular flexibility index (Phi) is 2.41. The number of aromatic amines is 1. The van der Waals surface area contributed by atoms with E-state index in [2.05, 4.69) is 20.6 Å². The summed E-state index contributed by atoms with van der Waals surface area (Å²) in [6.45, 7) is 0. The topological polar surface area (TPSA) is 54.5 Å². The van der Waals surface area contributed by atoms with E-state index in [1.807, 2.05) is 0 Å². The predicted molar refractivity (Wildman–Crippen MR) is 48.4 cm³/mol. The number of nitrogens with one attached hydrogen (secondary N) is 1. The van der Waals surface area contributed by atoms with Gasteiger partial charge >= 0.3 is 0 Å². The zero-order chi connectivity index (χ0) is 9.97. The van der Waals surface area contributed by atoms with Crippen molar-refractivity contribution in [2.24, 2.45) is 0 Å². The minimum atomic E-state index is -0.359. The molecule has 0 spiro atoms. The van der Waals surface area contributed by atoms with E-state index in [-0.39, 0.29) is 12.2 Å². The predicted octanol–water partition coefficient (Wildman–Crippen LogP) is 1.58. The molecular formula is C8H6ClFN4. The number of aromatic nitrogens is 4. The van der Waals surface area contributed by atoms with Crippen LogP contribution < -0.4 is 0 Å². The van der Waals surface area contributed by atoms with E-state index in [0.717, 1.165) is 0 Å². The first-order valence-corrected chi connectivity index (χ1v) is 4.30. The number of rotatable bonds is 2. The molecule has 0 saturated carbocycles. The molecule has 2 rings (SSSR count). The molecule has 0 atom stereocenters. The van der Waals surface area contributed by atoms with Gasteiger partial charge in [0.05, 0.1) is 0 Å². The van der Waals surface area contributed by atoms with Gasteiger partial charge in [0.15, 0.2) is 5.82 Å². The average molecular weight is 213 g/mol.